The first-order chi connectivity index (χ1) is 7.18. The van der Waals surface area contributed by atoms with Crippen LogP contribution in [0.25, 0.3) is 0 Å². The summed E-state index contributed by atoms with van der Waals surface area (Å²) in [6.45, 7) is 4.19. The summed E-state index contributed by atoms with van der Waals surface area (Å²) >= 11 is 0. The van der Waals surface area contributed by atoms with Gasteiger partial charge in [0.1, 0.15) is 0 Å². The molecule has 2 rings (SSSR count). The van der Waals surface area contributed by atoms with Crippen molar-refractivity contribution in [3.63, 3.8) is 0 Å². The van der Waals surface area contributed by atoms with Crippen molar-refractivity contribution in [3.8, 4) is 0 Å². The average Bonchev–Trinajstić information content (AvgIpc) is 2.22. The van der Waals surface area contributed by atoms with Crippen LogP contribution in [0.3, 0.4) is 0 Å². The lowest BCUT2D eigenvalue weighted by Gasteiger charge is -2.33. The number of benzene rings is 1. The molecule has 1 aromatic carbocycles. The van der Waals surface area contributed by atoms with E-state index in [1.807, 2.05) is 12.1 Å². The molecular weight excluding hydrogens is 188 g/mol. The molecule has 0 aliphatic heterocycles. The second-order valence-electron chi connectivity index (χ2n) is 4.27. The standard InChI is InChI=1S/C12H18N2O/c1-8-4-3-5-10(9(8)2)13-14-11-6-7-12(11)15/h3-5,11-15H,6-7H2,1-2H3/t11-,12-/m1/s1. The topological polar surface area (TPSA) is 44.3 Å². The number of hydrogen-bond donors (Lipinski definition) is 3. The average molecular weight is 206 g/mol. The highest BCUT2D eigenvalue weighted by atomic mass is 16.3. The van der Waals surface area contributed by atoms with Gasteiger partial charge in [0.05, 0.1) is 17.8 Å². The smallest absolute Gasteiger partial charge is 0.0711 e. The van der Waals surface area contributed by atoms with Crippen LogP contribution in [0.1, 0.15) is 24.0 Å². The molecule has 0 amide bonds. The predicted molar refractivity (Wildman–Crippen MR) is 61.7 cm³/mol. The number of aliphatic hydroxyl groups is 1. The molecule has 1 fully saturated rings. The monoisotopic (exact) mass is 206 g/mol. The van der Waals surface area contributed by atoms with Gasteiger partial charge in [-0.1, -0.05) is 12.1 Å². The van der Waals surface area contributed by atoms with Crippen LogP contribution in [0.5, 0.6) is 0 Å². The molecule has 0 saturated heterocycles. The maximum Gasteiger partial charge on any atom is 0.0711 e. The molecule has 0 radical (unpaired) electrons. The van der Waals surface area contributed by atoms with E-state index in [-0.39, 0.29) is 12.1 Å². The Morgan fingerprint density at radius 3 is 2.67 bits per heavy atom. The Balaban J connectivity index is 1.96. The number of aliphatic hydroxyl groups excluding tert-OH is 1. The van der Waals surface area contributed by atoms with Gasteiger partial charge in [0, 0.05) is 0 Å². The zero-order valence-electron chi connectivity index (χ0n) is 9.25. The molecular formula is C12H18N2O. The first kappa shape index (κ1) is 10.5. The van der Waals surface area contributed by atoms with Crippen molar-refractivity contribution in [1.82, 2.24) is 5.43 Å². The molecule has 0 heterocycles. The first-order valence-electron chi connectivity index (χ1n) is 5.44. The van der Waals surface area contributed by atoms with Crippen molar-refractivity contribution in [3.05, 3.63) is 29.3 Å². The quantitative estimate of drug-likeness (QED) is 0.660. The summed E-state index contributed by atoms with van der Waals surface area (Å²) in [6.07, 6.45) is 1.76. The zero-order valence-corrected chi connectivity index (χ0v) is 9.25. The normalized spacial score (nSPS) is 24.7. The summed E-state index contributed by atoms with van der Waals surface area (Å²) in [5.41, 5.74) is 9.94. The maximum absolute atomic E-state index is 9.41. The maximum atomic E-state index is 9.41. The molecule has 3 nitrogen and oxygen atoms in total. The summed E-state index contributed by atoms with van der Waals surface area (Å²) in [5.74, 6) is 0. The Morgan fingerprint density at radius 2 is 2.07 bits per heavy atom. The molecule has 0 bridgehead atoms. The van der Waals surface area contributed by atoms with E-state index in [9.17, 15) is 5.11 Å². The van der Waals surface area contributed by atoms with Crippen molar-refractivity contribution >= 4 is 5.69 Å². The molecule has 0 aromatic heterocycles. The lowest BCUT2D eigenvalue weighted by molar-refractivity contribution is 0.0539. The van der Waals surface area contributed by atoms with E-state index in [0.29, 0.717) is 0 Å². The van der Waals surface area contributed by atoms with Gasteiger partial charge in [-0.15, -0.1) is 0 Å². The van der Waals surface area contributed by atoms with E-state index < -0.39 is 0 Å². The first-order valence-corrected chi connectivity index (χ1v) is 5.44. The van der Waals surface area contributed by atoms with Gasteiger partial charge in [-0.3, -0.25) is 0 Å². The molecule has 3 N–H and O–H groups in total. The Kier molecular flexibility index (Phi) is 2.93. The third-order valence-electron chi connectivity index (χ3n) is 3.23. The highest BCUT2D eigenvalue weighted by Crippen LogP contribution is 2.21. The molecule has 1 aliphatic rings. The second-order valence-corrected chi connectivity index (χ2v) is 4.27. The minimum Gasteiger partial charge on any atom is -0.391 e. The SMILES string of the molecule is Cc1cccc(NN[C@@H]2CC[C@H]2O)c1C. The molecule has 0 spiro atoms. The van der Waals surface area contributed by atoms with E-state index in [1.54, 1.807) is 0 Å². The third-order valence-corrected chi connectivity index (χ3v) is 3.23. The van der Waals surface area contributed by atoms with Crippen LogP contribution < -0.4 is 10.9 Å². The highest BCUT2D eigenvalue weighted by molar-refractivity contribution is 5.52. The van der Waals surface area contributed by atoms with Crippen LogP contribution in [0.15, 0.2) is 18.2 Å². The Labute approximate surface area is 90.5 Å². The molecule has 15 heavy (non-hydrogen) atoms. The molecule has 82 valence electrons. The summed E-state index contributed by atoms with van der Waals surface area (Å²) in [4.78, 5) is 0. The van der Waals surface area contributed by atoms with Crippen molar-refractivity contribution in [2.24, 2.45) is 0 Å². The van der Waals surface area contributed by atoms with Gasteiger partial charge in [0.2, 0.25) is 0 Å². The van der Waals surface area contributed by atoms with Crippen molar-refractivity contribution in [2.75, 3.05) is 5.43 Å². The summed E-state index contributed by atoms with van der Waals surface area (Å²) < 4.78 is 0. The van der Waals surface area contributed by atoms with Crippen molar-refractivity contribution in [1.29, 1.82) is 0 Å². The summed E-state index contributed by atoms with van der Waals surface area (Å²) in [7, 11) is 0. The number of nitrogens with one attached hydrogen (secondary N) is 2. The van der Waals surface area contributed by atoms with Gasteiger partial charge in [0.25, 0.3) is 0 Å². The van der Waals surface area contributed by atoms with Gasteiger partial charge < -0.3 is 10.5 Å². The molecule has 1 aliphatic carbocycles. The molecule has 1 saturated carbocycles. The minimum atomic E-state index is -0.192. The predicted octanol–water partition coefficient (Wildman–Crippen LogP) is 1.74. The zero-order chi connectivity index (χ0) is 10.8. The molecule has 1 aromatic rings. The number of anilines is 1. The van der Waals surface area contributed by atoms with Crippen LogP contribution in [0, 0.1) is 13.8 Å². The highest BCUT2D eigenvalue weighted by Gasteiger charge is 2.28. The third kappa shape index (κ3) is 2.13. The van der Waals surface area contributed by atoms with Crippen LogP contribution in [-0.4, -0.2) is 17.3 Å². The van der Waals surface area contributed by atoms with E-state index >= 15 is 0 Å². The van der Waals surface area contributed by atoms with Gasteiger partial charge in [-0.2, -0.15) is 0 Å². The summed E-state index contributed by atoms with van der Waals surface area (Å²) in [6, 6.07) is 6.37. The van der Waals surface area contributed by atoms with E-state index in [4.69, 9.17) is 0 Å². The fraction of sp³-hybridized carbons (Fsp3) is 0.500. The van der Waals surface area contributed by atoms with Gasteiger partial charge in [-0.05, 0) is 43.9 Å². The van der Waals surface area contributed by atoms with E-state index in [2.05, 4.69) is 30.8 Å². The number of hydrogen-bond acceptors (Lipinski definition) is 3. The Bertz CT molecular complexity index is 351. The van der Waals surface area contributed by atoms with Crippen LogP contribution in [0.2, 0.25) is 0 Å². The fourth-order valence-corrected chi connectivity index (χ4v) is 1.71. The molecule has 3 heteroatoms. The van der Waals surface area contributed by atoms with Gasteiger partial charge in [-0.25, -0.2) is 5.43 Å². The van der Waals surface area contributed by atoms with Crippen LogP contribution in [0.4, 0.5) is 5.69 Å². The Morgan fingerprint density at radius 1 is 1.27 bits per heavy atom. The van der Waals surface area contributed by atoms with Crippen molar-refractivity contribution in [2.45, 2.75) is 38.8 Å². The van der Waals surface area contributed by atoms with Gasteiger partial charge >= 0.3 is 0 Å². The van der Waals surface area contributed by atoms with Crippen LogP contribution in [-0.2, 0) is 0 Å². The van der Waals surface area contributed by atoms with E-state index in [1.165, 1.54) is 11.1 Å². The van der Waals surface area contributed by atoms with E-state index in [0.717, 1.165) is 18.5 Å². The largest absolute Gasteiger partial charge is 0.391 e. The minimum absolute atomic E-state index is 0.192. The number of aryl methyl sites for hydroxylation is 1. The molecule has 2 atom stereocenters. The van der Waals surface area contributed by atoms with Gasteiger partial charge in [0.15, 0.2) is 0 Å². The number of hydrazine groups is 1. The van der Waals surface area contributed by atoms with Crippen LogP contribution >= 0.6 is 0 Å². The Hall–Kier alpha value is -1.06. The second kappa shape index (κ2) is 4.21. The lowest BCUT2D eigenvalue weighted by Crippen LogP contribution is -2.50. The van der Waals surface area contributed by atoms with Crippen molar-refractivity contribution < 1.29 is 5.11 Å². The lowest BCUT2D eigenvalue weighted by atomic mass is 9.90. The molecule has 0 unspecified atom stereocenters. The number of rotatable bonds is 3. The fourth-order valence-electron chi connectivity index (χ4n) is 1.71. The summed E-state index contributed by atoms with van der Waals surface area (Å²) in [5, 5.41) is 9.41.